The highest BCUT2D eigenvalue weighted by Crippen LogP contribution is 2.42. The summed E-state index contributed by atoms with van der Waals surface area (Å²) in [6.07, 6.45) is 0. The zero-order chi connectivity index (χ0) is 37.0. The summed E-state index contributed by atoms with van der Waals surface area (Å²) >= 11 is 0. The van der Waals surface area contributed by atoms with Gasteiger partial charge >= 0.3 is 0 Å². The quantitative estimate of drug-likeness (QED) is 0.161. The van der Waals surface area contributed by atoms with Crippen molar-refractivity contribution in [2.75, 3.05) is 4.90 Å². The normalized spacial score (nSPS) is 11.6. The minimum absolute atomic E-state index is 0.632. The van der Waals surface area contributed by atoms with Gasteiger partial charge in [-0.3, -0.25) is 0 Å². The van der Waals surface area contributed by atoms with Crippen molar-refractivity contribution in [2.45, 2.75) is 0 Å². The van der Waals surface area contributed by atoms with Crippen LogP contribution in [0.1, 0.15) is 0 Å². The fraction of sp³-hybridized carbons (Fsp3) is 0. The number of hydrogen-bond donors (Lipinski definition) is 0. The molecule has 11 aromatic rings. The largest absolute Gasteiger partial charge is 0.435 e. The SMILES string of the molecule is c1ccc(-c2ccc(N(c3cccc(-c4ccc5ccccc5c4)c3)c3ccc4c(ccc5ccc6ccc7nc(-c8ccccc8)oc7c6c54)c3)cc2)cc1. The van der Waals surface area contributed by atoms with E-state index in [4.69, 9.17) is 9.40 Å². The second kappa shape index (κ2) is 13.1. The third kappa shape index (κ3) is 5.49. The van der Waals surface area contributed by atoms with Crippen molar-refractivity contribution in [3.63, 3.8) is 0 Å². The number of nitrogens with zero attached hydrogens (tertiary/aromatic N) is 2. The van der Waals surface area contributed by atoms with Crippen molar-refractivity contribution < 1.29 is 4.42 Å². The molecule has 56 heavy (non-hydrogen) atoms. The third-order valence-corrected chi connectivity index (χ3v) is 11.0. The number of benzene rings is 10. The molecule has 3 heteroatoms. The van der Waals surface area contributed by atoms with Gasteiger partial charge in [0.15, 0.2) is 5.58 Å². The van der Waals surface area contributed by atoms with Gasteiger partial charge in [0, 0.05) is 33.4 Å². The van der Waals surface area contributed by atoms with Crippen molar-refractivity contribution in [1.29, 1.82) is 0 Å². The standard InChI is InChI=1S/C53H34N2O/c1-3-10-35(11-4-1)37-24-27-45(28-25-37)55(46-17-9-16-42(33-46)43-22-18-36-12-7-8-15-41(36)32-43)47-29-30-48-44(34-47)23-21-38-19-20-39-26-31-49-52(51(39)50(38)48)56-53(54-49)40-13-5-2-6-14-40/h1-34H. The van der Waals surface area contributed by atoms with E-state index in [-0.39, 0.29) is 0 Å². The predicted octanol–water partition coefficient (Wildman–Crippen LogP) is 14.9. The molecule has 11 rings (SSSR count). The van der Waals surface area contributed by atoms with Crippen molar-refractivity contribution in [3.05, 3.63) is 206 Å². The summed E-state index contributed by atoms with van der Waals surface area (Å²) in [5, 5.41) is 9.35. The number of anilines is 3. The van der Waals surface area contributed by atoms with E-state index in [9.17, 15) is 0 Å². The van der Waals surface area contributed by atoms with Crippen LogP contribution < -0.4 is 4.90 Å². The molecule has 0 aliphatic carbocycles. The first kappa shape index (κ1) is 32.0. The molecule has 0 aliphatic rings. The van der Waals surface area contributed by atoms with Crippen LogP contribution in [-0.4, -0.2) is 4.98 Å². The minimum Gasteiger partial charge on any atom is -0.435 e. The summed E-state index contributed by atoms with van der Waals surface area (Å²) in [6.45, 7) is 0. The molecule has 0 saturated carbocycles. The van der Waals surface area contributed by atoms with Gasteiger partial charge in [-0.1, -0.05) is 146 Å². The van der Waals surface area contributed by atoms with Gasteiger partial charge in [-0.2, -0.15) is 0 Å². The van der Waals surface area contributed by atoms with Gasteiger partial charge in [0.05, 0.1) is 0 Å². The third-order valence-electron chi connectivity index (χ3n) is 11.0. The molecule has 1 heterocycles. The highest BCUT2D eigenvalue weighted by molar-refractivity contribution is 6.26. The maximum absolute atomic E-state index is 6.60. The van der Waals surface area contributed by atoms with Crippen LogP contribution in [0.25, 0.3) is 87.9 Å². The molecule has 0 amide bonds. The molecule has 1 aromatic heterocycles. The van der Waals surface area contributed by atoms with Crippen LogP contribution in [0.2, 0.25) is 0 Å². The molecular formula is C53H34N2O. The van der Waals surface area contributed by atoms with E-state index in [2.05, 4.69) is 181 Å². The highest BCUT2D eigenvalue weighted by Gasteiger charge is 2.18. The van der Waals surface area contributed by atoms with Gasteiger partial charge in [0.25, 0.3) is 0 Å². The van der Waals surface area contributed by atoms with Crippen LogP contribution in [0.15, 0.2) is 211 Å². The molecule has 262 valence electrons. The van der Waals surface area contributed by atoms with E-state index < -0.39 is 0 Å². The molecule has 0 fully saturated rings. The van der Waals surface area contributed by atoms with Gasteiger partial charge in [-0.15, -0.1) is 0 Å². The molecule has 0 saturated heterocycles. The Morgan fingerprint density at radius 1 is 0.339 bits per heavy atom. The summed E-state index contributed by atoms with van der Waals surface area (Å²) in [6, 6.07) is 73.7. The van der Waals surface area contributed by atoms with Gasteiger partial charge in [0.1, 0.15) is 5.52 Å². The predicted molar refractivity (Wildman–Crippen MR) is 235 cm³/mol. The maximum Gasteiger partial charge on any atom is 0.227 e. The Labute approximate surface area is 324 Å². The summed E-state index contributed by atoms with van der Waals surface area (Å²) in [4.78, 5) is 7.29. The summed E-state index contributed by atoms with van der Waals surface area (Å²) in [7, 11) is 0. The Balaban J connectivity index is 1.08. The first-order valence-electron chi connectivity index (χ1n) is 19.0. The lowest BCUT2D eigenvalue weighted by atomic mass is 9.95. The van der Waals surface area contributed by atoms with E-state index in [1.807, 2.05) is 30.3 Å². The second-order valence-electron chi connectivity index (χ2n) is 14.4. The number of hydrogen-bond acceptors (Lipinski definition) is 3. The van der Waals surface area contributed by atoms with Gasteiger partial charge < -0.3 is 9.32 Å². The smallest absolute Gasteiger partial charge is 0.227 e. The first-order chi connectivity index (χ1) is 27.7. The topological polar surface area (TPSA) is 29.3 Å². The number of fused-ring (bicyclic) bond motifs is 8. The first-order valence-corrected chi connectivity index (χ1v) is 19.0. The Morgan fingerprint density at radius 2 is 0.911 bits per heavy atom. The average molecular weight is 715 g/mol. The summed E-state index contributed by atoms with van der Waals surface area (Å²) < 4.78 is 6.60. The Bertz CT molecular complexity index is 3240. The average Bonchev–Trinajstić information content (AvgIpc) is 3.72. The monoisotopic (exact) mass is 714 g/mol. The van der Waals surface area contributed by atoms with Crippen molar-refractivity contribution in [2.24, 2.45) is 0 Å². The van der Waals surface area contributed by atoms with Crippen LogP contribution in [-0.2, 0) is 0 Å². The lowest BCUT2D eigenvalue weighted by Crippen LogP contribution is -2.10. The molecular weight excluding hydrogens is 681 g/mol. The molecule has 0 spiro atoms. The minimum atomic E-state index is 0.632. The maximum atomic E-state index is 6.60. The molecule has 0 radical (unpaired) electrons. The van der Waals surface area contributed by atoms with E-state index in [1.165, 1.54) is 49.2 Å². The molecule has 0 aliphatic heterocycles. The van der Waals surface area contributed by atoms with Gasteiger partial charge in [-0.25, -0.2) is 4.98 Å². The van der Waals surface area contributed by atoms with Gasteiger partial charge in [0.2, 0.25) is 5.89 Å². The lowest BCUT2D eigenvalue weighted by molar-refractivity contribution is 0.623. The van der Waals surface area contributed by atoms with Gasteiger partial charge in [-0.05, 0) is 115 Å². The second-order valence-corrected chi connectivity index (χ2v) is 14.4. The van der Waals surface area contributed by atoms with E-state index in [0.29, 0.717) is 5.89 Å². The van der Waals surface area contributed by atoms with Crippen molar-refractivity contribution in [1.82, 2.24) is 4.98 Å². The number of aromatic nitrogens is 1. The molecule has 10 aromatic carbocycles. The highest BCUT2D eigenvalue weighted by atomic mass is 16.3. The lowest BCUT2D eigenvalue weighted by Gasteiger charge is -2.27. The van der Waals surface area contributed by atoms with Crippen LogP contribution in [0.4, 0.5) is 17.1 Å². The molecule has 0 unspecified atom stereocenters. The van der Waals surface area contributed by atoms with Crippen molar-refractivity contribution >= 4 is 71.3 Å². The number of oxazole rings is 1. The summed E-state index contributed by atoms with van der Waals surface area (Å²) in [5.74, 6) is 0.632. The Kier molecular flexibility index (Phi) is 7.49. The summed E-state index contributed by atoms with van der Waals surface area (Å²) in [5.41, 5.74) is 10.6. The van der Waals surface area contributed by atoms with Crippen LogP contribution >= 0.6 is 0 Å². The Hall–Kier alpha value is -7.49. The van der Waals surface area contributed by atoms with E-state index >= 15 is 0 Å². The fourth-order valence-corrected chi connectivity index (χ4v) is 8.25. The Morgan fingerprint density at radius 3 is 1.71 bits per heavy atom. The molecule has 0 bridgehead atoms. The molecule has 0 atom stereocenters. The molecule has 0 N–H and O–H groups in total. The van der Waals surface area contributed by atoms with Crippen LogP contribution in [0.3, 0.4) is 0 Å². The van der Waals surface area contributed by atoms with E-state index in [0.717, 1.165) is 49.9 Å². The zero-order valence-electron chi connectivity index (χ0n) is 30.4. The number of rotatable bonds is 6. The molecule has 3 nitrogen and oxygen atoms in total. The van der Waals surface area contributed by atoms with Crippen LogP contribution in [0, 0.1) is 0 Å². The zero-order valence-corrected chi connectivity index (χ0v) is 30.4. The van der Waals surface area contributed by atoms with Crippen LogP contribution in [0.5, 0.6) is 0 Å². The fourth-order valence-electron chi connectivity index (χ4n) is 8.25. The van der Waals surface area contributed by atoms with E-state index in [1.54, 1.807) is 0 Å². The van der Waals surface area contributed by atoms with Crippen molar-refractivity contribution in [3.8, 4) is 33.7 Å².